The van der Waals surface area contributed by atoms with E-state index in [0.29, 0.717) is 17.2 Å². The number of aromatic nitrogens is 4. The van der Waals surface area contributed by atoms with Gasteiger partial charge >= 0.3 is 0 Å². The van der Waals surface area contributed by atoms with E-state index < -0.39 is 0 Å². The Hall–Kier alpha value is -2.02. The molecule has 5 rings (SSSR count). The average Bonchev–Trinajstić information content (AvgIpc) is 3.37. The maximum absolute atomic E-state index is 12.8. The fourth-order valence-corrected chi connectivity index (χ4v) is 6.01. The number of rotatable bonds is 1. The molecule has 3 aromatic rings. The Labute approximate surface area is 169 Å². The number of aryl methyl sites for hydroxylation is 2. The number of fused-ring (bicyclic) bond motifs is 5. The van der Waals surface area contributed by atoms with Gasteiger partial charge in [0.2, 0.25) is 5.82 Å². The summed E-state index contributed by atoms with van der Waals surface area (Å²) in [6.07, 6.45) is 5.49. The minimum atomic E-state index is -0.0503. The van der Waals surface area contributed by atoms with Gasteiger partial charge in [-0.3, -0.25) is 4.79 Å². The van der Waals surface area contributed by atoms with E-state index in [2.05, 4.69) is 25.9 Å². The zero-order valence-electron chi connectivity index (χ0n) is 17.1. The molecule has 2 aliphatic rings. The van der Waals surface area contributed by atoms with Gasteiger partial charge in [0.25, 0.3) is 5.91 Å². The van der Waals surface area contributed by atoms with Crippen molar-refractivity contribution in [2.45, 2.75) is 59.8 Å². The van der Waals surface area contributed by atoms with Crippen LogP contribution in [-0.2, 0) is 12.8 Å². The van der Waals surface area contributed by atoms with Gasteiger partial charge in [0.05, 0.1) is 5.39 Å². The van der Waals surface area contributed by atoms with Crippen molar-refractivity contribution in [1.29, 1.82) is 0 Å². The summed E-state index contributed by atoms with van der Waals surface area (Å²) in [4.78, 5) is 26.7. The largest absolute Gasteiger partial charge is 0.336 e. The van der Waals surface area contributed by atoms with Crippen LogP contribution in [0.5, 0.6) is 0 Å². The molecule has 1 fully saturated rings. The Kier molecular flexibility index (Phi) is 4.02. The predicted molar refractivity (Wildman–Crippen MR) is 111 cm³/mol. The molecule has 1 saturated heterocycles. The summed E-state index contributed by atoms with van der Waals surface area (Å²) in [7, 11) is 0. The first-order valence-corrected chi connectivity index (χ1v) is 11.1. The normalized spacial score (nSPS) is 20.3. The summed E-state index contributed by atoms with van der Waals surface area (Å²) in [5.41, 5.74) is 2.50. The molecular weight excluding hydrogens is 370 g/mol. The lowest BCUT2D eigenvalue weighted by Gasteiger charge is -2.33. The molecule has 0 unspecified atom stereocenters. The number of likely N-dealkylation sites (tertiary alicyclic amines) is 1. The van der Waals surface area contributed by atoms with Gasteiger partial charge in [-0.2, -0.15) is 4.52 Å². The zero-order chi connectivity index (χ0) is 19.6. The minimum absolute atomic E-state index is 0.0503. The van der Waals surface area contributed by atoms with E-state index in [1.165, 1.54) is 16.9 Å². The smallest absolute Gasteiger partial charge is 0.293 e. The first-order valence-electron chi connectivity index (χ1n) is 10.3. The molecule has 0 aromatic carbocycles. The van der Waals surface area contributed by atoms with Crippen molar-refractivity contribution in [3.8, 4) is 0 Å². The van der Waals surface area contributed by atoms with E-state index >= 15 is 0 Å². The van der Waals surface area contributed by atoms with Crippen LogP contribution in [-0.4, -0.2) is 43.5 Å². The molecule has 0 N–H and O–H groups in total. The molecule has 0 spiro atoms. The van der Waals surface area contributed by atoms with Crippen molar-refractivity contribution in [2.24, 2.45) is 11.3 Å². The van der Waals surface area contributed by atoms with Gasteiger partial charge in [-0.1, -0.05) is 20.8 Å². The second-order valence-electron chi connectivity index (χ2n) is 9.32. The average molecular weight is 398 g/mol. The van der Waals surface area contributed by atoms with E-state index in [1.54, 1.807) is 15.9 Å². The molecule has 3 aromatic heterocycles. The fraction of sp³-hybridized carbons (Fsp3) is 0.619. The molecule has 4 heterocycles. The molecule has 1 aliphatic heterocycles. The summed E-state index contributed by atoms with van der Waals surface area (Å²) in [6.45, 7) is 10.6. The van der Waals surface area contributed by atoms with Crippen LogP contribution in [0.25, 0.3) is 15.9 Å². The Balaban J connectivity index is 1.63. The van der Waals surface area contributed by atoms with Crippen molar-refractivity contribution in [2.75, 3.05) is 13.1 Å². The van der Waals surface area contributed by atoms with Gasteiger partial charge in [0, 0.05) is 18.0 Å². The Morgan fingerprint density at radius 1 is 1.18 bits per heavy atom. The van der Waals surface area contributed by atoms with Gasteiger partial charge in [-0.05, 0) is 55.9 Å². The third kappa shape index (κ3) is 2.74. The van der Waals surface area contributed by atoms with Crippen LogP contribution >= 0.6 is 11.3 Å². The Morgan fingerprint density at radius 2 is 1.93 bits per heavy atom. The van der Waals surface area contributed by atoms with Crippen LogP contribution in [0.1, 0.15) is 66.9 Å². The van der Waals surface area contributed by atoms with Gasteiger partial charge in [0.15, 0.2) is 5.65 Å². The molecule has 6 nitrogen and oxygen atoms in total. The van der Waals surface area contributed by atoms with Crippen LogP contribution in [0.2, 0.25) is 0 Å². The minimum Gasteiger partial charge on any atom is -0.336 e. The van der Waals surface area contributed by atoms with Crippen LogP contribution in [0.3, 0.4) is 0 Å². The van der Waals surface area contributed by atoms with Crippen molar-refractivity contribution < 1.29 is 4.79 Å². The van der Waals surface area contributed by atoms with Gasteiger partial charge < -0.3 is 4.90 Å². The quantitative estimate of drug-likeness (QED) is 0.622. The van der Waals surface area contributed by atoms with Crippen LogP contribution in [0.15, 0.2) is 0 Å². The number of carbonyl (C=O) groups excluding carboxylic acids is 1. The number of nitrogens with zero attached hydrogens (tertiary/aromatic N) is 5. The third-order valence-electron chi connectivity index (χ3n) is 6.46. The molecule has 1 amide bonds. The lowest BCUT2D eigenvalue weighted by Crippen LogP contribution is -2.28. The first-order chi connectivity index (χ1) is 13.3. The monoisotopic (exact) mass is 397 g/mol. The number of hydrogen-bond donors (Lipinski definition) is 0. The number of thiophene rings is 1. The maximum Gasteiger partial charge on any atom is 0.293 e. The lowest BCUT2D eigenvalue weighted by atomic mass is 9.72. The van der Waals surface area contributed by atoms with Gasteiger partial charge in [-0.25, -0.2) is 9.97 Å². The SMILES string of the molecule is Cc1nc2sc3c(c2c2nc(C(=O)N4CCCC4)nn12)CC[C@H](C(C)(C)C)C3. The summed E-state index contributed by atoms with van der Waals surface area (Å²) < 4.78 is 1.77. The molecule has 7 heteroatoms. The number of amides is 1. The summed E-state index contributed by atoms with van der Waals surface area (Å²) in [6, 6.07) is 0. The number of hydrogen-bond acceptors (Lipinski definition) is 5. The van der Waals surface area contributed by atoms with Crippen molar-refractivity contribution in [3.05, 3.63) is 22.1 Å². The molecule has 148 valence electrons. The van der Waals surface area contributed by atoms with E-state index in [4.69, 9.17) is 9.97 Å². The second-order valence-corrected chi connectivity index (χ2v) is 10.4. The molecule has 1 atom stereocenters. The highest BCUT2D eigenvalue weighted by Gasteiger charge is 2.32. The molecule has 0 saturated carbocycles. The van der Waals surface area contributed by atoms with E-state index in [0.717, 1.165) is 60.5 Å². The van der Waals surface area contributed by atoms with Gasteiger partial charge in [-0.15, -0.1) is 16.4 Å². The third-order valence-corrected chi connectivity index (χ3v) is 7.60. The standard InChI is InChI=1S/C21H27N5OS/c1-12-22-19-16(14-8-7-13(21(2,3)4)11-15(14)28-19)18-23-17(24-26(12)18)20(27)25-9-5-6-10-25/h13H,5-11H2,1-4H3/t13-/m0/s1. The van der Waals surface area contributed by atoms with Crippen molar-refractivity contribution >= 4 is 33.1 Å². The van der Waals surface area contributed by atoms with Crippen molar-refractivity contribution in [3.63, 3.8) is 0 Å². The van der Waals surface area contributed by atoms with Crippen LogP contribution < -0.4 is 0 Å². The summed E-state index contributed by atoms with van der Waals surface area (Å²) in [5.74, 6) is 1.74. The zero-order valence-corrected chi connectivity index (χ0v) is 17.9. The highest BCUT2D eigenvalue weighted by atomic mass is 32.1. The van der Waals surface area contributed by atoms with E-state index in [1.807, 2.05) is 11.8 Å². The lowest BCUT2D eigenvalue weighted by molar-refractivity contribution is 0.0781. The Morgan fingerprint density at radius 3 is 2.64 bits per heavy atom. The summed E-state index contributed by atoms with van der Waals surface area (Å²) >= 11 is 1.80. The molecular formula is C21H27N5OS. The molecule has 1 aliphatic carbocycles. The topological polar surface area (TPSA) is 63.4 Å². The second kappa shape index (κ2) is 6.24. The van der Waals surface area contributed by atoms with Crippen molar-refractivity contribution in [1.82, 2.24) is 24.5 Å². The van der Waals surface area contributed by atoms with E-state index in [9.17, 15) is 4.79 Å². The maximum atomic E-state index is 12.8. The van der Waals surface area contributed by atoms with E-state index in [-0.39, 0.29) is 5.91 Å². The number of carbonyl (C=O) groups is 1. The summed E-state index contributed by atoms with van der Waals surface area (Å²) in [5, 5.41) is 5.66. The fourth-order valence-electron chi connectivity index (χ4n) is 4.67. The highest BCUT2D eigenvalue weighted by Crippen LogP contribution is 2.43. The highest BCUT2D eigenvalue weighted by molar-refractivity contribution is 7.19. The predicted octanol–water partition coefficient (Wildman–Crippen LogP) is 4.03. The van der Waals surface area contributed by atoms with Gasteiger partial charge in [0.1, 0.15) is 10.7 Å². The molecule has 0 radical (unpaired) electrons. The molecule has 28 heavy (non-hydrogen) atoms. The Bertz CT molecular complexity index is 1080. The van der Waals surface area contributed by atoms with Crippen LogP contribution in [0, 0.1) is 18.3 Å². The first kappa shape index (κ1) is 18.0. The molecule has 0 bridgehead atoms. The van der Waals surface area contributed by atoms with Crippen LogP contribution in [0.4, 0.5) is 0 Å².